The molecule has 1 rings (SSSR count). The second-order valence-electron chi connectivity index (χ2n) is 2.91. The minimum absolute atomic E-state index is 0.328. The van der Waals surface area contributed by atoms with Crippen LogP contribution in [0.1, 0.15) is 24.1 Å². The van der Waals surface area contributed by atoms with E-state index in [4.69, 9.17) is 11.6 Å². The molecule has 0 aliphatic rings. The molecule has 0 aromatic carbocycles. The number of carbonyl (C=O) groups excluding carboxylic acids is 1. The van der Waals surface area contributed by atoms with Gasteiger partial charge in [0.15, 0.2) is 0 Å². The smallest absolute Gasteiger partial charge is 0.133 e. The van der Waals surface area contributed by atoms with Crippen LogP contribution in [0.3, 0.4) is 0 Å². The Hall–Kier alpha value is -0.340. The monoisotopic (exact) mass is 216 g/mol. The van der Waals surface area contributed by atoms with E-state index in [2.05, 4.69) is 6.07 Å². The fraction of sp³-hybridized carbons (Fsp3) is 0.500. The lowest BCUT2D eigenvalue weighted by Crippen LogP contribution is -1.99. The number of ketones is 1. The van der Waals surface area contributed by atoms with Gasteiger partial charge < -0.3 is 0 Å². The summed E-state index contributed by atoms with van der Waals surface area (Å²) >= 11 is 7.21. The average molecular weight is 217 g/mol. The van der Waals surface area contributed by atoms with Gasteiger partial charge in [0.2, 0.25) is 0 Å². The molecule has 0 spiro atoms. The lowest BCUT2D eigenvalue weighted by atomic mass is 10.1. The van der Waals surface area contributed by atoms with Gasteiger partial charge in [-0.1, -0.05) is 6.07 Å². The molecule has 0 unspecified atom stereocenters. The van der Waals surface area contributed by atoms with Crippen molar-refractivity contribution in [1.82, 2.24) is 0 Å². The molecule has 0 N–H and O–H groups in total. The van der Waals surface area contributed by atoms with E-state index in [9.17, 15) is 4.79 Å². The Kier molecular flexibility index (Phi) is 5.09. The van der Waals surface area contributed by atoms with E-state index in [-0.39, 0.29) is 0 Å². The highest BCUT2D eigenvalue weighted by atomic mass is 35.5. The summed E-state index contributed by atoms with van der Waals surface area (Å²) in [5.74, 6) is 0.916. The summed E-state index contributed by atoms with van der Waals surface area (Å²) in [7, 11) is 0. The molecule has 0 fully saturated rings. The Bertz CT molecular complexity index is 243. The Morgan fingerprint density at radius 3 is 2.92 bits per heavy atom. The topological polar surface area (TPSA) is 17.1 Å². The van der Waals surface area contributed by atoms with Crippen LogP contribution in [0, 0.1) is 0 Å². The van der Waals surface area contributed by atoms with Crippen molar-refractivity contribution in [3.05, 3.63) is 22.4 Å². The van der Waals surface area contributed by atoms with E-state index in [1.165, 1.54) is 4.88 Å². The Labute approximate surface area is 87.7 Å². The van der Waals surface area contributed by atoms with Gasteiger partial charge in [0.25, 0.3) is 0 Å². The first-order valence-corrected chi connectivity index (χ1v) is 5.84. The summed E-state index contributed by atoms with van der Waals surface area (Å²) in [4.78, 5) is 12.5. The predicted octanol–water partition coefficient (Wildman–Crippen LogP) is 3.27. The molecule has 0 aliphatic carbocycles. The SMILES string of the molecule is O=C(CCCCl)CCc1cccs1. The lowest BCUT2D eigenvalue weighted by molar-refractivity contribution is -0.119. The molecule has 0 bridgehead atoms. The third-order valence-corrected chi connectivity index (χ3v) is 3.02. The van der Waals surface area contributed by atoms with Gasteiger partial charge in [0.1, 0.15) is 5.78 Å². The van der Waals surface area contributed by atoms with E-state index in [0.29, 0.717) is 24.5 Å². The minimum atomic E-state index is 0.328. The largest absolute Gasteiger partial charge is 0.300 e. The highest BCUT2D eigenvalue weighted by Gasteiger charge is 2.02. The number of halogens is 1. The lowest BCUT2D eigenvalue weighted by Gasteiger charge is -1.97. The first kappa shape index (κ1) is 10.7. The molecule has 3 heteroatoms. The third-order valence-electron chi connectivity index (χ3n) is 1.82. The van der Waals surface area contributed by atoms with E-state index in [0.717, 1.165) is 12.8 Å². The highest BCUT2D eigenvalue weighted by Crippen LogP contribution is 2.11. The molecule has 0 radical (unpaired) electrons. The van der Waals surface area contributed by atoms with E-state index >= 15 is 0 Å². The number of rotatable bonds is 6. The zero-order chi connectivity index (χ0) is 9.52. The molecule has 0 aliphatic heterocycles. The average Bonchev–Trinajstić information content (AvgIpc) is 2.64. The molecule has 0 saturated heterocycles. The van der Waals surface area contributed by atoms with Crippen molar-refractivity contribution in [3.63, 3.8) is 0 Å². The van der Waals surface area contributed by atoms with Crippen molar-refractivity contribution in [1.29, 1.82) is 0 Å². The molecule has 72 valence electrons. The van der Waals surface area contributed by atoms with Crippen LogP contribution in [0.4, 0.5) is 0 Å². The second-order valence-corrected chi connectivity index (χ2v) is 4.32. The number of hydrogen-bond acceptors (Lipinski definition) is 2. The summed E-state index contributed by atoms with van der Waals surface area (Å²) in [5, 5.41) is 2.04. The fourth-order valence-electron chi connectivity index (χ4n) is 1.11. The summed E-state index contributed by atoms with van der Waals surface area (Å²) in [6.07, 6.45) is 3.00. The van der Waals surface area contributed by atoms with Crippen LogP contribution in [0.15, 0.2) is 17.5 Å². The first-order chi connectivity index (χ1) is 6.33. The molecular weight excluding hydrogens is 204 g/mol. The molecular formula is C10H13ClOS. The zero-order valence-corrected chi connectivity index (χ0v) is 9.03. The van der Waals surface area contributed by atoms with Crippen molar-refractivity contribution < 1.29 is 4.79 Å². The van der Waals surface area contributed by atoms with Crippen LogP contribution in [0.5, 0.6) is 0 Å². The normalized spacial score (nSPS) is 10.2. The minimum Gasteiger partial charge on any atom is -0.300 e. The van der Waals surface area contributed by atoms with Crippen LogP contribution in [-0.4, -0.2) is 11.7 Å². The van der Waals surface area contributed by atoms with Gasteiger partial charge >= 0.3 is 0 Å². The Balaban J connectivity index is 2.15. The van der Waals surface area contributed by atoms with Crippen molar-refractivity contribution >= 4 is 28.7 Å². The number of carbonyl (C=O) groups is 1. The second kappa shape index (κ2) is 6.17. The standard InChI is InChI=1S/C10H13ClOS/c11-7-1-3-9(12)5-6-10-4-2-8-13-10/h2,4,8H,1,3,5-7H2. The maximum atomic E-state index is 11.2. The van der Waals surface area contributed by atoms with Crippen molar-refractivity contribution in [2.24, 2.45) is 0 Å². The van der Waals surface area contributed by atoms with E-state index in [1.807, 2.05) is 11.4 Å². The van der Waals surface area contributed by atoms with Gasteiger partial charge in [0, 0.05) is 23.6 Å². The third kappa shape index (κ3) is 4.44. The van der Waals surface area contributed by atoms with E-state index in [1.54, 1.807) is 11.3 Å². The molecule has 1 heterocycles. The molecule has 1 aromatic rings. The molecule has 1 nitrogen and oxygen atoms in total. The Morgan fingerprint density at radius 1 is 1.46 bits per heavy atom. The van der Waals surface area contributed by atoms with Gasteiger partial charge in [-0.05, 0) is 24.3 Å². The number of thiophene rings is 1. The number of hydrogen-bond donors (Lipinski definition) is 0. The summed E-state index contributed by atoms with van der Waals surface area (Å²) in [6, 6.07) is 4.09. The molecule has 0 amide bonds. The van der Waals surface area contributed by atoms with Crippen LogP contribution in [0.25, 0.3) is 0 Å². The maximum absolute atomic E-state index is 11.2. The van der Waals surface area contributed by atoms with Gasteiger partial charge in [-0.2, -0.15) is 0 Å². The number of alkyl halides is 1. The van der Waals surface area contributed by atoms with Crippen LogP contribution in [0.2, 0.25) is 0 Å². The van der Waals surface area contributed by atoms with Crippen LogP contribution < -0.4 is 0 Å². The predicted molar refractivity (Wildman–Crippen MR) is 57.6 cm³/mol. The molecule has 0 saturated carbocycles. The summed E-state index contributed by atoms with van der Waals surface area (Å²) in [5.41, 5.74) is 0. The number of aryl methyl sites for hydroxylation is 1. The van der Waals surface area contributed by atoms with Gasteiger partial charge in [-0.3, -0.25) is 4.79 Å². The maximum Gasteiger partial charge on any atom is 0.133 e. The Morgan fingerprint density at radius 2 is 2.31 bits per heavy atom. The molecule has 1 aromatic heterocycles. The summed E-state index contributed by atoms with van der Waals surface area (Å²) < 4.78 is 0. The zero-order valence-electron chi connectivity index (χ0n) is 7.46. The first-order valence-electron chi connectivity index (χ1n) is 4.43. The van der Waals surface area contributed by atoms with Gasteiger partial charge in [-0.15, -0.1) is 22.9 Å². The quantitative estimate of drug-likeness (QED) is 0.668. The molecule has 0 atom stereocenters. The summed E-state index contributed by atoms with van der Waals surface area (Å²) in [6.45, 7) is 0. The van der Waals surface area contributed by atoms with Crippen molar-refractivity contribution in [2.75, 3.05) is 5.88 Å². The van der Waals surface area contributed by atoms with Crippen LogP contribution >= 0.6 is 22.9 Å². The molecule has 13 heavy (non-hydrogen) atoms. The van der Waals surface area contributed by atoms with E-state index < -0.39 is 0 Å². The number of Topliss-reactive ketones (excluding diaryl/α,β-unsaturated/α-hetero) is 1. The van der Waals surface area contributed by atoms with Crippen molar-refractivity contribution in [3.8, 4) is 0 Å². The van der Waals surface area contributed by atoms with Gasteiger partial charge in [0.05, 0.1) is 0 Å². The van der Waals surface area contributed by atoms with Gasteiger partial charge in [-0.25, -0.2) is 0 Å². The van der Waals surface area contributed by atoms with Crippen LogP contribution in [-0.2, 0) is 11.2 Å². The van der Waals surface area contributed by atoms with Crippen molar-refractivity contribution in [2.45, 2.75) is 25.7 Å². The fourth-order valence-corrected chi connectivity index (χ4v) is 1.95. The highest BCUT2D eigenvalue weighted by molar-refractivity contribution is 7.09.